The summed E-state index contributed by atoms with van der Waals surface area (Å²) < 4.78 is 5.70. The van der Waals surface area contributed by atoms with Crippen LogP contribution in [-0.2, 0) is 0 Å². The van der Waals surface area contributed by atoms with Gasteiger partial charge in [-0.15, -0.1) is 0 Å². The predicted molar refractivity (Wildman–Crippen MR) is 71.3 cm³/mol. The van der Waals surface area contributed by atoms with E-state index in [0.29, 0.717) is 28.9 Å². The third-order valence-corrected chi connectivity index (χ3v) is 3.15. The number of rotatable bonds is 4. The van der Waals surface area contributed by atoms with Gasteiger partial charge in [0.1, 0.15) is 5.75 Å². The van der Waals surface area contributed by atoms with Crippen LogP contribution in [0.1, 0.15) is 42.3 Å². The van der Waals surface area contributed by atoms with Crippen molar-refractivity contribution in [3.63, 3.8) is 0 Å². The van der Waals surface area contributed by atoms with Gasteiger partial charge in [0, 0.05) is 5.02 Å². The van der Waals surface area contributed by atoms with Crippen molar-refractivity contribution in [2.75, 3.05) is 6.61 Å². The fraction of sp³-hybridized carbons (Fsp3) is 0.500. The molecule has 0 fully saturated rings. The summed E-state index contributed by atoms with van der Waals surface area (Å²) in [5, 5.41) is 0.645. The average molecular weight is 255 g/mol. The molecular formula is C14H19ClO2. The number of ketones is 1. The summed E-state index contributed by atoms with van der Waals surface area (Å²) >= 11 is 6.15. The zero-order valence-electron chi connectivity index (χ0n) is 11.1. The van der Waals surface area contributed by atoms with Crippen LogP contribution < -0.4 is 4.74 Å². The lowest BCUT2D eigenvalue weighted by atomic mass is 10.0. The zero-order valence-corrected chi connectivity index (χ0v) is 11.8. The molecule has 0 unspecified atom stereocenters. The number of carbonyl (C=O) groups is 1. The largest absolute Gasteiger partial charge is 0.493 e. The Kier molecular flexibility index (Phi) is 4.58. The molecule has 2 nitrogen and oxygen atoms in total. The lowest BCUT2D eigenvalue weighted by molar-refractivity contribution is 0.101. The van der Waals surface area contributed by atoms with E-state index in [-0.39, 0.29) is 5.78 Å². The van der Waals surface area contributed by atoms with Crippen LogP contribution in [0.15, 0.2) is 6.07 Å². The van der Waals surface area contributed by atoms with Crippen LogP contribution in [0.2, 0.25) is 5.02 Å². The average Bonchev–Trinajstić information content (AvgIpc) is 2.22. The van der Waals surface area contributed by atoms with Crippen LogP contribution in [0.4, 0.5) is 0 Å². The highest BCUT2D eigenvalue weighted by Gasteiger charge is 2.16. The maximum atomic E-state index is 11.7. The van der Waals surface area contributed by atoms with E-state index >= 15 is 0 Å². The van der Waals surface area contributed by atoms with Gasteiger partial charge in [0.05, 0.1) is 12.2 Å². The highest BCUT2D eigenvalue weighted by molar-refractivity contribution is 6.32. The quantitative estimate of drug-likeness (QED) is 0.753. The van der Waals surface area contributed by atoms with Gasteiger partial charge in [0.15, 0.2) is 5.78 Å². The summed E-state index contributed by atoms with van der Waals surface area (Å²) in [5.74, 6) is 1.06. The van der Waals surface area contributed by atoms with Gasteiger partial charge in [-0.05, 0) is 43.9 Å². The van der Waals surface area contributed by atoms with Crippen molar-refractivity contribution in [3.8, 4) is 5.75 Å². The highest BCUT2D eigenvalue weighted by atomic mass is 35.5. The normalized spacial score (nSPS) is 10.8. The number of benzene rings is 1. The summed E-state index contributed by atoms with van der Waals surface area (Å²) in [6, 6.07) is 1.84. The van der Waals surface area contributed by atoms with Gasteiger partial charge in [-0.1, -0.05) is 25.4 Å². The first-order valence-electron chi connectivity index (χ1n) is 5.78. The Hall–Kier alpha value is -1.02. The van der Waals surface area contributed by atoms with E-state index in [9.17, 15) is 4.79 Å². The molecule has 0 aliphatic rings. The van der Waals surface area contributed by atoms with E-state index in [4.69, 9.17) is 16.3 Å². The molecule has 0 saturated carbocycles. The molecule has 17 heavy (non-hydrogen) atoms. The second kappa shape index (κ2) is 5.54. The van der Waals surface area contributed by atoms with Gasteiger partial charge in [-0.3, -0.25) is 4.79 Å². The van der Waals surface area contributed by atoms with Gasteiger partial charge in [-0.2, -0.15) is 0 Å². The van der Waals surface area contributed by atoms with Gasteiger partial charge in [-0.25, -0.2) is 0 Å². The third kappa shape index (κ3) is 3.22. The Balaban J connectivity index is 3.23. The van der Waals surface area contributed by atoms with Crippen LogP contribution in [-0.4, -0.2) is 12.4 Å². The van der Waals surface area contributed by atoms with E-state index in [0.717, 1.165) is 11.1 Å². The number of carbonyl (C=O) groups excluding carboxylic acids is 1. The van der Waals surface area contributed by atoms with Gasteiger partial charge < -0.3 is 4.74 Å². The molecule has 1 aromatic carbocycles. The van der Waals surface area contributed by atoms with Gasteiger partial charge in [0.25, 0.3) is 0 Å². The Morgan fingerprint density at radius 3 is 2.47 bits per heavy atom. The number of Topliss-reactive ketones (excluding diaryl/α,β-unsaturated/α-hetero) is 1. The fourth-order valence-electron chi connectivity index (χ4n) is 1.73. The smallest absolute Gasteiger partial charge is 0.163 e. The Labute approximate surface area is 108 Å². The standard InChI is InChI=1S/C14H19ClO2/c1-8(2)7-17-12-6-9(3)14(15)10(4)13(12)11(5)16/h6,8H,7H2,1-5H3. The second-order valence-electron chi connectivity index (χ2n) is 4.77. The molecule has 0 atom stereocenters. The zero-order chi connectivity index (χ0) is 13.2. The molecule has 0 amide bonds. The Bertz CT molecular complexity index is 436. The van der Waals surface area contributed by atoms with Crippen molar-refractivity contribution < 1.29 is 9.53 Å². The molecule has 0 radical (unpaired) electrons. The minimum absolute atomic E-state index is 0.0110. The van der Waals surface area contributed by atoms with Crippen molar-refractivity contribution >= 4 is 17.4 Å². The first-order valence-corrected chi connectivity index (χ1v) is 6.15. The van der Waals surface area contributed by atoms with Crippen molar-refractivity contribution in [3.05, 3.63) is 27.8 Å². The summed E-state index contributed by atoms with van der Waals surface area (Å²) in [5.41, 5.74) is 2.34. The van der Waals surface area contributed by atoms with Gasteiger partial charge in [0.2, 0.25) is 0 Å². The summed E-state index contributed by atoms with van der Waals surface area (Å²) in [4.78, 5) is 11.7. The van der Waals surface area contributed by atoms with Crippen molar-refractivity contribution in [1.82, 2.24) is 0 Å². The van der Waals surface area contributed by atoms with Crippen LogP contribution >= 0.6 is 11.6 Å². The molecule has 0 aliphatic heterocycles. The van der Waals surface area contributed by atoms with Crippen LogP contribution in [0.5, 0.6) is 5.75 Å². The molecule has 0 aliphatic carbocycles. The molecule has 0 spiro atoms. The molecule has 0 saturated heterocycles. The number of ether oxygens (including phenoxy) is 1. The topological polar surface area (TPSA) is 26.3 Å². The molecule has 3 heteroatoms. The molecule has 1 aromatic rings. The van der Waals surface area contributed by atoms with Crippen molar-refractivity contribution in [2.24, 2.45) is 5.92 Å². The first kappa shape index (κ1) is 14.0. The number of aryl methyl sites for hydroxylation is 1. The number of hydrogen-bond acceptors (Lipinski definition) is 2. The molecular weight excluding hydrogens is 236 g/mol. The SMILES string of the molecule is CC(=O)c1c(OCC(C)C)cc(C)c(Cl)c1C. The second-order valence-corrected chi connectivity index (χ2v) is 5.14. The van der Waals surface area contributed by atoms with Crippen LogP contribution in [0.25, 0.3) is 0 Å². The molecule has 0 bridgehead atoms. The van der Waals surface area contributed by atoms with Crippen molar-refractivity contribution in [1.29, 1.82) is 0 Å². The van der Waals surface area contributed by atoms with E-state index in [1.165, 1.54) is 6.92 Å². The van der Waals surface area contributed by atoms with E-state index in [1.54, 1.807) is 0 Å². The monoisotopic (exact) mass is 254 g/mol. The maximum absolute atomic E-state index is 11.7. The first-order chi connectivity index (χ1) is 7.84. The number of halogens is 1. The fourth-order valence-corrected chi connectivity index (χ4v) is 1.88. The minimum Gasteiger partial charge on any atom is -0.493 e. The Morgan fingerprint density at radius 2 is 2.00 bits per heavy atom. The highest BCUT2D eigenvalue weighted by Crippen LogP contribution is 2.32. The molecule has 0 heterocycles. The lowest BCUT2D eigenvalue weighted by Crippen LogP contribution is -2.09. The summed E-state index contributed by atoms with van der Waals surface area (Å²) in [6.45, 7) is 10.1. The molecule has 0 N–H and O–H groups in total. The van der Waals surface area contributed by atoms with Crippen LogP contribution in [0.3, 0.4) is 0 Å². The van der Waals surface area contributed by atoms with E-state index in [2.05, 4.69) is 13.8 Å². The predicted octanol–water partition coefficient (Wildman–Crippen LogP) is 4.19. The van der Waals surface area contributed by atoms with Crippen LogP contribution in [0, 0.1) is 19.8 Å². The van der Waals surface area contributed by atoms with E-state index in [1.807, 2.05) is 19.9 Å². The minimum atomic E-state index is -0.0110. The lowest BCUT2D eigenvalue weighted by Gasteiger charge is -2.16. The Morgan fingerprint density at radius 1 is 1.41 bits per heavy atom. The van der Waals surface area contributed by atoms with Crippen molar-refractivity contribution in [2.45, 2.75) is 34.6 Å². The summed E-state index contributed by atoms with van der Waals surface area (Å²) in [6.07, 6.45) is 0. The molecule has 0 aromatic heterocycles. The van der Waals surface area contributed by atoms with E-state index < -0.39 is 0 Å². The number of hydrogen-bond donors (Lipinski definition) is 0. The maximum Gasteiger partial charge on any atom is 0.163 e. The molecule has 94 valence electrons. The molecule has 1 rings (SSSR count). The van der Waals surface area contributed by atoms with Gasteiger partial charge >= 0.3 is 0 Å². The summed E-state index contributed by atoms with van der Waals surface area (Å²) in [7, 11) is 0. The third-order valence-electron chi connectivity index (χ3n) is 2.57.